The van der Waals surface area contributed by atoms with E-state index in [9.17, 15) is 0 Å². The molecule has 0 saturated heterocycles. The van der Waals surface area contributed by atoms with Gasteiger partial charge in [-0.2, -0.15) is 11.3 Å². The zero-order valence-corrected chi connectivity index (χ0v) is 11.5. The quantitative estimate of drug-likeness (QED) is 0.488. The first-order valence-electron chi connectivity index (χ1n) is 5.58. The SMILES string of the molecule is BrCCCCCCOCCc1ccsc1. The predicted molar refractivity (Wildman–Crippen MR) is 71.1 cm³/mol. The Morgan fingerprint density at radius 3 is 2.73 bits per heavy atom. The molecule has 0 saturated carbocycles. The Morgan fingerprint density at radius 2 is 2.00 bits per heavy atom. The second-order valence-electron chi connectivity index (χ2n) is 3.60. The van der Waals surface area contributed by atoms with Gasteiger partial charge in [0.25, 0.3) is 0 Å². The molecule has 0 unspecified atom stereocenters. The van der Waals surface area contributed by atoms with Crippen molar-refractivity contribution in [1.29, 1.82) is 0 Å². The highest BCUT2D eigenvalue weighted by molar-refractivity contribution is 9.09. The number of hydrogen-bond acceptors (Lipinski definition) is 2. The molecule has 86 valence electrons. The third kappa shape index (κ3) is 7.09. The van der Waals surface area contributed by atoms with E-state index in [0.717, 1.165) is 25.0 Å². The first-order valence-corrected chi connectivity index (χ1v) is 7.64. The lowest BCUT2D eigenvalue weighted by Gasteiger charge is -2.02. The molecule has 0 amide bonds. The molecule has 0 spiro atoms. The van der Waals surface area contributed by atoms with Crippen molar-refractivity contribution in [3.63, 3.8) is 0 Å². The van der Waals surface area contributed by atoms with Gasteiger partial charge < -0.3 is 4.74 Å². The van der Waals surface area contributed by atoms with Crippen molar-refractivity contribution in [3.05, 3.63) is 22.4 Å². The monoisotopic (exact) mass is 290 g/mol. The smallest absolute Gasteiger partial charge is 0.0506 e. The van der Waals surface area contributed by atoms with Gasteiger partial charge in [0.2, 0.25) is 0 Å². The average molecular weight is 291 g/mol. The largest absolute Gasteiger partial charge is 0.381 e. The van der Waals surface area contributed by atoms with Gasteiger partial charge in [-0.3, -0.25) is 0 Å². The van der Waals surface area contributed by atoms with Crippen LogP contribution in [0.5, 0.6) is 0 Å². The number of alkyl halides is 1. The van der Waals surface area contributed by atoms with Crippen LogP contribution in [0.4, 0.5) is 0 Å². The summed E-state index contributed by atoms with van der Waals surface area (Å²) in [6.07, 6.45) is 6.17. The second kappa shape index (κ2) is 9.37. The minimum atomic E-state index is 0.870. The van der Waals surface area contributed by atoms with E-state index in [1.807, 2.05) is 0 Å². The number of ether oxygens (including phenoxy) is 1. The van der Waals surface area contributed by atoms with Gasteiger partial charge >= 0.3 is 0 Å². The summed E-state index contributed by atoms with van der Waals surface area (Å²) in [5.74, 6) is 0. The van der Waals surface area contributed by atoms with E-state index < -0.39 is 0 Å². The lowest BCUT2D eigenvalue weighted by atomic mass is 10.2. The van der Waals surface area contributed by atoms with Crippen LogP contribution in [0.1, 0.15) is 31.2 Å². The molecule has 3 heteroatoms. The Balaban J connectivity index is 1.81. The molecule has 0 atom stereocenters. The van der Waals surface area contributed by atoms with Gasteiger partial charge in [0.1, 0.15) is 0 Å². The molecule has 1 aromatic heterocycles. The average Bonchev–Trinajstić information content (AvgIpc) is 2.75. The highest BCUT2D eigenvalue weighted by atomic mass is 79.9. The van der Waals surface area contributed by atoms with Crippen LogP contribution in [0.2, 0.25) is 0 Å². The zero-order chi connectivity index (χ0) is 10.8. The molecular formula is C12H19BrOS. The molecule has 0 N–H and O–H groups in total. The van der Waals surface area contributed by atoms with Crippen LogP contribution in [-0.2, 0) is 11.2 Å². The van der Waals surface area contributed by atoms with Crippen molar-refractivity contribution in [2.45, 2.75) is 32.1 Å². The number of halogens is 1. The fourth-order valence-corrected chi connectivity index (χ4v) is 2.48. The number of thiophene rings is 1. The molecule has 1 heterocycles. The van der Waals surface area contributed by atoms with Gasteiger partial charge in [-0.25, -0.2) is 0 Å². The maximum Gasteiger partial charge on any atom is 0.0506 e. The Morgan fingerprint density at radius 1 is 1.13 bits per heavy atom. The highest BCUT2D eigenvalue weighted by Gasteiger charge is 1.94. The molecular weight excluding hydrogens is 272 g/mol. The van der Waals surface area contributed by atoms with E-state index >= 15 is 0 Å². The Kier molecular flexibility index (Phi) is 8.25. The van der Waals surface area contributed by atoms with Crippen molar-refractivity contribution in [2.75, 3.05) is 18.5 Å². The molecule has 0 radical (unpaired) electrons. The first kappa shape index (κ1) is 13.2. The van der Waals surface area contributed by atoms with Gasteiger partial charge in [0.15, 0.2) is 0 Å². The maximum absolute atomic E-state index is 5.58. The fraction of sp³-hybridized carbons (Fsp3) is 0.667. The summed E-state index contributed by atoms with van der Waals surface area (Å²) in [5.41, 5.74) is 1.40. The van der Waals surface area contributed by atoms with Gasteiger partial charge in [-0.15, -0.1) is 0 Å². The Labute approximate surface area is 105 Å². The summed E-state index contributed by atoms with van der Waals surface area (Å²) in [6.45, 7) is 1.79. The van der Waals surface area contributed by atoms with E-state index in [2.05, 4.69) is 32.8 Å². The second-order valence-corrected chi connectivity index (χ2v) is 5.17. The van der Waals surface area contributed by atoms with E-state index in [1.54, 1.807) is 11.3 Å². The molecule has 1 aromatic rings. The highest BCUT2D eigenvalue weighted by Crippen LogP contribution is 2.07. The summed E-state index contributed by atoms with van der Waals surface area (Å²) in [7, 11) is 0. The van der Waals surface area contributed by atoms with Crippen molar-refractivity contribution in [2.24, 2.45) is 0 Å². The van der Waals surface area contributed by atoms with Crippen LogP contribution >= 0.6 is 27.3 Å². The lowest BCUT2D eigenvalue weighted by Crippen LogP contribution is -1.99. The van der Waals surface area contributed by atoms with Crippen LogP contribution in [0.25, 0.3) is 0 Å². The van der Waals surface area contributed by atoms with Crippen LogP contribution in [0.15, 0.2) is 16.8 Å². The molecule has 0 fully saturated rings. The minimum Gasteiger partial charge on any atom is -0.381 e. The van der Waals surface area contributed by atoms with Gasteiger partial charge in [0, 0.05) is 11.9 Å². The molecule has 0 aliphatic heterocycles. The van der Waals surface area contributed by atoms with E-state index in [-0.39, 0.29) is 0 Å². The molecule has 0 aliphatic rings. The van der Waals surface area contributed by atoms with E-state index in [4.69, 9.17) is 4.74 Å². The molecule has 1 rings (SSSR count). The summed E-state index contributed by atoms with van der Waals surface area (Å²) in [6, 6.07) is 2.17. The lowest BCUT2D eigenvalue weighted by molar-refractivity contribution is 0.133. The summed E-state index contributed by atoms with van der Waals surface area (Å²) in [5, 5.41) is 5.45. The summed E-state index contributed by atoms with van der Waals surface area (Å²) in [4.78, 5) is 0. The Bertz CT molecular complexity index is 224. The van der Waals surface area contributed by atoms with Gasteiger partial charge in [0.05, 0.1) is 6.61 Å². The normalized spacial score (nSPS) is 10.7. The van der Waals surface area contributed by atoms with Crippen molar-refractivity contribution < 1.29 is 4.74 Å². The molecule has 0 bridgehead atoms. The number of rotatable bonds is 9. The minimum absolute atomic E-state index is 0.870. The molecule has 0 aliphatic carbocycles. The third-order valence-electron chi connectivity index (χ3n) is 2.29. The van der Waals surface area contributed by atoms with Crippen molar-refractivity contribution in [3.8, 4) is 0 Å². The van der Waals surface area contributed by atoms with Crippen molar-refractivity contribution in [1.82, 2.24) is 0 Å². The molecule has 1 nitrogen and oxygen atoms in total. The van der Waals surface area contributed by atoms with Gasteiger partial charge in [-0.1, -0.05) is 28.8 Å². The van der Waals surface area contributed by atoms with Gasteiger partial charge in [-0.05, 0) is 41.7 Å². The topological polar surface area (TPSA) is 9.23 Å². The molecule has 0 aromatic carbocycles. The predicted octanol–water partition coefficient (Wildman–Crippen LogP) is 4.26. The van der Waals surface area contributed by atoms with Crippen LogP contribution in [0.3, 0.4) is 0 Å². The Hall–Kier alpha value is 0.140. The third-order valence-corrected chi connectivity index (χ3v) is 3.58. The van der Waals surface area contributed by atoms with Crippen molar-refractivity contribution >= 4 is 27.3 Å². The van der Waals surface area contributed by atoms with E-state index in [0.29, 0.717) is 0 Å². The summed E-state index contributed by atoms with van der Waals surface area (Å²) >= 11 is 5.19. The van der Waals surface area contributed by atoms with Crippen LogP contribution in [0, 0.1) is 0 Å². The maximum atomic E-state index is 5.58. The standard InChI is InChI=1S/C12H19BrOS/c13-7-3-1-2-4-8-14-9-5-12-6-10-15-11-12/h6,10-11H,1-5,7-9H2. The van der Waals surface area contributed by atoms with Crippen LogP contribution < -0.4 is 0 Å². The summed E-state index contributed by atoms with van der Waals surface area (Å²) < 4.78 is 5.58. The van der Waals surface area contributed by atoms with E-state index in [1.165, 1.54) is 31.2 Å². The van der Waals surface area contributed by atoms with Crippen LogP contribution in [-0.4, -0.2) is 18.5 Å². The number of hydrogen-bond donors (Lipinski definition) is 0. The zero-order valence-electron chi connectivity index (χ0n) is 9.08. The fourth-order valence-electron chi connectivity index (χ4n) is 1.38. The molecule has 15 heavy (non-hydrogen) atoms. The first-order chi connectivity index (χ1) is 7.43. The number of unbranched alkanes of at least 4 members (excludes halogenated alkanes) is 3.